The van der Waals surface area contributed by atoms with Crippen molar-refractivity contribution in [1.82, 2.24) is 4.90 Å². The maximum atomic E-state index is 11.6. The Kier molecular flexibility index (Phi) is 6.06. The molecule has 1 atom stereocenters. The number of rotatable bonds is 6. The van der Waals surface area contributed by atoms with E-state index in [4.69, 9.17) is 14.9 Å². The van der Waals surface area contributed by atoms with E-state index in [1.54, 1.807) is 31.1 Å². The van der Waals surface area contributed by atoms with Crippen molar-refractivity contribution in [2.24, 2.45) is 0 Å². The Labute approximate surface area is 139 Å². The Balaban J connectivity index is 2.15. The lowest BCUT2D eigenvalue weighted by Crippen LogP contribution is -2.28. The van der Waals surface area contributed by atoms with Crippen molar-refractivity contribution >= 4 is 22.9 Å². The SMILES string of the molecule is CCOC(=O)/C=C1\CSC(=N)N1CC(O)c1ccccc1OC. The molecule has 2 rings (SSSR count). The van der Waals surface area contributed by atoms with Gasteiger partial charge in [0.05, 0.1) is 20.3 Å². The number of aliphatic hydroxyl groups is 1. The van der Waals surface area contributed by atoms with Crippen molar-refractivity contribution in [2.45, 2.75) is 13.0 Å². The first-order chi connectivity index (χ1) is 11.1. The van der Waals surface area contributed by atoms with E-state index in [0.29, 0.717) is 34.5 Å². The summed E-state index contributed by atoms with van der Waals surface area (Å²) in [5, 5.41) is 18.8. The van der Waals surface area contributed by atoms with Gasteiger partial charge in [-0.25, -0.2) is 4.79 Å². The van der Waals surface area contributed by atoms with Crippen molar-refractivity contribution in [1.29, 1.82) is 5.41 Å². The fraction of sp³-hybridized carbons (Fsp3) is 0.375. The lowest BCUT2D eigenvalue weighted by molar-refractivity contribution is -0.137. The number of nitrogens with one attached hydrogen (secondary N) is 1. The largest absolute Gasteiger partial charge is 0.496 e. The predicted octanol–water partition coefficient (Wildman–Crippen LogP) is 2.16. The van der Waals surface area contributed by atoms with Gasteiger partial charge < -0.3 is 19.5 Å². The Morgan fingerprint density at radius 3 is 2.96 bits per heavy atom. The number of nitrogens with zero attached hydrogens (tertiary/aromatic N) is 1. The van der Waals surface area contributed by atoms with E-state index in [-0.39, 0.29) is 6.54 Å². The first-order valence-corrected chi connectivity index (χ1v) is 8.22. The Morgan fingerprint density at radius 2 is 2.26 bits per heavy atom. The van der Waals surface area contributed by atoms with Crippen LogP contribution in [0, 0.1) is 5.41 Å². The molecule has 1 aromatic rings. The second-order valence-electron chi connectivity index (χ2n) is 4.85. The molecule has 7 heteroatoms. The quantitative estimate of drug-likeness (QED) is 0.612. The molecule has 1 aromatic carbocycles. The van der Waals surface area contributed by atoms with E-state index >= 15 is 0 Å². The molecule has 1 aliphatic heterocycles. The van der Waals surface area contributed by atoms with Crippen LogP contribution in [-0.4, -0.2) is 47.2 Å². The number of esters is 1. The van der Waals surface area contributed by atoms with Crippen LogP contribution in [0.4, 0.5) is 0 Å². The van der Waals surface area contributed by atoms with Gasteiger partial charge in [-0.15, -0.1) is 0 Å². The van der Waals surface area contributed by atoms with Crippen LogP contribution < -0.4 is 4.74 Å². The summed E-state index contributed by atoms with van der Waals surface area (Å²) < 4.78 is 10.2. The van der Waals surface area contributed by atoms with Gasteiger partial charge in [-0.3, -0.25) is 5.41 Å². The molecule has 1 unspecified atom stereocenters. The first-order valence-electron chi connectivity index (χ1n) is 7.24. The number of β-amino-alcohol motifs (C(OH)–C–C–N with tert-alkyl or cyclic N) is 1. The van der Waals surface area contributed by atoms with Crippen LogP contribution in [0.5, 0.6) is 5.75 Å². The molecule has 0 spiro atoms. The minimum absolute atomic E-state index is 0.178. The van der Waals surface area contributed by atoms with E-state index in [0.717, 1.165) is 0 Å². The lowest BCUT2D eigenvalue weighted by atomic mass is 10.1. The number of thioether (sulfide) groups is 1. The van der Waals surface area contributed by atoms with Crippen LogP contribution >= 0.6 is 11.8 Å². The van der Waals surface area contributed by atoms with Gasteiger partial charge in [0.1, 0.15) is 11.9 Å². The van der Waals surface area contributed by atoms with E-state index < -0.39 is 12.1 Å². The summed E-state index contributed by atoms with van der Waals surface area (Å²) in [6.07, 6.45) is 0.545. The molecule has 1 heterocycles. The Hall–Kier alpha value is -1.99. The smallest absolute Gasteiger partial charge is 0.332 e. The number of methoxy groups -OCH3 is 1. The second-order valence-corrected chi connectivity index (χ2v) is 5.81. The van der Waals surface area contributed by atoms with E-state index in [9.17, 15) is 9.90 Å². The highest BCUT2D eigenvalue weighted by Gasteiger charge is 2.28. The number of carbonyl (C=O) groups excluding carboxylic acids is 1. The first kappa shape index (κ1) is 17.4. The number of amidine groups is 1. The number of para-hydroxylation sites is 1. The summed E-state index contributed by atoms with van der Waals surface area (Å²) in [6.45, 7) is 2.22. The van der Waals surface area contributed by atoms with Crippen molar-refractivity contribution in [3.05, 3.63) is 41.6 Å². The average Bonchev–Trinajstić information content (AvgIpc) is 2.88. The van der Waals surface area contributed by atoms with Gasteiger partial charge in [0, 0.05) is 23.1 Å². The molecule has 1 fully saturated rings. The van der Waals surface area contributed by atoms with Crippen LogP contribution in [-0.2, 0) is 9.53 Å². The molecule has 124 valence electrons. The summed E-state index contributed by atoms with van der Waals surface area (Å²) in [7, 11) is 1.55. The molecule has 2 N–H and O–H groups in total. The molecule has 1 saturated heterocycles. The summed E-state index contributed by atoms with van der Waals surface area (Å²) in [5.74, 6) is 0.667. The van der Waals surface area contributed by atoms with Crippen LogP contribution in [0.2, 0.25) is 0 Å². The molecule has 6 nitrogen and oxygen atoms in total. The van der Waals surface area contributed by atoms with Gasteiger partial charge in [0.15, 0.2) is 5.17 Å². The normalized spacial score (nSPS) is 17.4. The number of benzene rings is 1. The Bertz CT molecular complexity index is 618. The fourth-order valence-electron chi connectivity index (χ4n) is 2.28. The highest BCUT2D eigenvalue weighted by molar-refractivity contribution is 8.14. The van der Waals surface area contributed by atoms with Gasteiger partial charge in [0.25, 0.3) is 0 Å². The molecule has 0 amide bonds. The minimum atomic E-state index is -0.837. The number of hydrogen-bond donors (Lipinski definition) is 2. The third kappa shape index (κ3) is 4.27. The zero-order chi connectivity index (χ0) is 16.8. The van der Waals surface area contributed by atoms with E-state index in [2.05, 4.69) is 0 Å². The predicted molar refractivity (Wildman–Crippen MR) is 89.6 cm³/mol. The van der Waals surface area contributed by atoms with Crippen molar-refractivity contribution < 1.29 is 19.4 Å². The maximum absolute atomic E-state index is 11.6. The monoisotopic (exact) mass is 336 g/mol. The summed E-state index contributed by atoms with van der Waals surface area (Å²) >= 11 is 1.31. The summed E-state index contributed by atoms with van der Waals surface area (Å²) in [6, 6.07) is 7.21. The standard InChI is InChI=1S/C16H20N2O4S/c1-3-22-15(20)8-11-10-23-16(17)18(11)9-13(19)12-6-4-5-7-14(12)21-2/h4-8,13,17,19H,3,9-10H2,1-2H3/b11-8+,17-16?. The van der Waals surface area contributed by atoms with Crippen LogP contribution in [0.15, 0.2) is 36.0 Å². The van der Waals surface area contributed by atoms with Gasteiger partial charge in [-0.2, -0.15) is 0 Å². The zero-order valence-corrected chi connectivity index (χ0v) is 13.9. The molecule has 0 bridgehead atoms. The Morgan fingerprint density at radius 1 is 1.52 bits per heavy atom. The van der Waals surface area contributed by atoms with Crippen molar-refractivity contribution in [3.8, 4) is 5.75 Å². The second kappa shape index (κ2) is 8.03. The highest BCUT2D eigenvalue weighted by Crippen LogP contribution is 2.31. The highest BCUT2D eigenvalue weighted by atomic mass is 32.2. The third-order valence-corrected chi connectivity index (χ3v) is 4.31. The molecular formula is C16H20N2O4S. The van der Waals surface area contributed by atoms with Gasteiger partial charge in [0.2, 0.25) is 0 Å². The van der Waals surface area contributed by atoms with Crippen molar-refractivity contribution in [3.63, 3.8) is 0 Å². The van der Waals surface area contributed by atoms with Gasteiger partial charge in [-0.05, 0) is 13.0 Å². The maximum Gasteiger partial charge on any atom is 0.332 e. The van der Waals surface area contributed by atoms with Crippen molar-refractivity contribution in [2.75, 3.05) is 26.0 Å². The molecular weight excluding hydrogens is 316 g/mol. The van der Waals surface area contributed by atoms with E-state index in [1.807, 2.05) is 12.1 Å². The molecule has 1 aliphatic rings. The number of ether oxygens (including phenoxy) is 2. The summed E-state index contributed by atoms with van der Waals surface area (Å²) in [5.41, 5.74) is 1.31. The van der Waals surface area contributed by atoms with Crippen LogP contribution in [0.1, 0.15) is 18.6 Å². The molecule has 0 aromatic heterocycles. The third-order valence-electron chi connectivity index (χ3n) is 3.37. The molecule has 0 saturated carbocycles. The summed E-state index contributed by atoms with van der Waals surface area (Å²) in [4.78, 5) is 13.2. The topological polar surface area (TPSA) is 82.9 Å². The number of hydrogen-bond acceptors (Lipinski definition) is 6. The van der Waals surface area contributed by atoms with Gasteiger partial charge in [-0.1, -0.05) is 30.0 Å². The average molecular weight is 336 g/mol. The van der Waals surface area contributed by atoms with Crippen LogP contribution in [0.3, 0.4) is 0 Å². The lowest BCUT2D eigenvalue weighted by Gasteiger charge is -2.23. The molecule has 0 aliphatic carbocycles. The molecule has 23 heavy (non-hydrogen) atoms. The van der Waals surface area contributed by atoms with Gasteiger partial charge >= 0.3 is 5.97 Å². The minimum Gasteiger partial charge on any atom is -0.496 e. The number of aliphatic hydroxyl groups excluding tert-OH is 1. The zero-order valence-electron chi connectivity index (χ0n) is 13.1. The number of carbonyl (C=O) groups is 1. The molecule has 0 radical (unpaired) electrons. The van der Waals surface area contributed by atoms with E-state index in [1.165, 1.54) is 17.8 Å². The van der Waals surface area contributed by atoms with Crippen LogP contribution in [0.25, 0.3) is 0 Å². The fourth-order valence-corrected chi connectivity index (χ4v) is 3.15.